The minimum atomic E-state index is -1.18. The van der Waals surface area contributed by atoms with E-state index in [2.05, 4.69) is 5.32 Å². The Hall–Kier alpha value is -2.50. The van der Waals surface area contributed by atoms with E-state index in [0.29, 0.717) is 10.9 Å². The number of amides is 1. The van der Waals surface area contributed by atoms with Gasteiger partial charge in [-0.2, -0.15) is 0 Å². The van der Waals surface area contributed by atoms with Gasteiger partial charge in [0.05, 0.1) is 0 Å². The first kappa shape index (κ1) is 11.0. The summed E-state index contributed by atoms with van der Waals surface area (Å²) in [5, 5.41) is 20.5. The molecule has 0 unspecified atom stereocenters. The number of hydrogen-bond acceptors (Lipinski definition) is 4. The molecule has 0 aliphatic heterocycles. The molecule has 0 fully saturated rings. The molecule has 1 aromatic heterocycles. The second-order valence-electron chi connectivity index (χ2n) is 3.43. The van der Waals surface area contributed by atoms with E-state index in [1.807, 2.05) is 0 Å². The Morgan fingerprint density at radius 3 is 2.82 bits per heavy atom. The summed E-state index contributed by atoms with van der Waals surface area (Å²) in [5.74, 6) is -0.0241. The van der Waals surface area contributed by atoms with Crippen LogP contribution < -0.4 is 10.9 Å². The summed E-state index contributed by atoms with van der Waals surface area (Å²) in [5.41, 5.74) is 0.128. The molecule has 1 aromatic carbocycles. The number of nitrogens with one attached hydrogen (secondary N) is 1. The van der Waals surface area contributed by atoms with Crippen LogP contribution in [0, 0.1) is 0 Å². The summed E-state index contributed by atoms with van der Waals surface area (Å²) in [6.07, 6.45) is -1.18. The van der Waals surface area contributed by atoms with Gasteiger partial charge in [0.1, 0.15) is 11.3 Å². The summed E-state index contributed by atoms with van der Waals surface area (Å²) in [4.78, 5) is 21.6. The van der Waals surface area contributed by atoms with Gasteiger partial charge in [0.25, 0.3) is 0 Å². The third kappa shape index (κ3) is 2.36. The van der Waals surface area contributed by atoms with Crippen molar-refractivity contribution in [2.45, 2.75) is 6.54 Å². The van der Waals surface area contributed by atoms with Crippen LogP contribution in [0.2, 0.25) is 0 Å². The molecule has 3 N–H and O–H groups in total. The smallest absolute Gasteiger partial charge is 0.404 e. The highest BCUT2D eigenvalue weighted by Crippen LogP contribution is 2.21. The number of phenolic OH excluding ortho intramolecular Hbond substituents is 1. The fourth-order valence-corrected chi connectivity index (χ4v) is 1.54. The minimum absolute atomic E-state index is 0.00219. The van der Waals surface area contributed by atoms with E-state index in [4.69, 9.17) is 9.52 Å². The van der Waals surface area contributed by atoms with E-state index >= 15 is 0 Å². The highest BCUT2D eigenvalue weighted by molar-refractivity contribution is 5.81. The minimum Gasteiger partial charge on any atom is -0.508 e. The lowest BCUT2D eigenvalue weighted by molar-refractivity contribution is 0.194. The Bertz CT molecular complexity index is 631. The molecule has 2 rings (SSSR count). The van der Waals surface area contributed by atoms with Gasteiger partial charge in [-0.1, -0.05) is 0 Å². The van der Waals surface area contributed by atoms with Crippen molar-refractivity contribution in [3.05, 3.63) is 40.2 Å². The van der Waals surface area contributed by atoms with E-state index in [-0.39, 0.29) is 17.9 Å². The second kappa shape index (κ2) is 4.17. The predicted molar refractivity (Wildman–Crippen MR) is 59.0 cm³/mol. The lowest BCUT2D eigenvalue weighted by Crippen LogP contribution is -2.20. The molecule has 0 aliphatic rings. The number of aromatic hydroxyl groups is 1. The molecule has 88 valence electrons. The standard InChI is InChI=1S/C11H9NO5/c13-7-1-2-8-6(5-12-11(15)16)3-10(14)17-9(8)4-7/h1-4,12-13H,5H2,(H,15,16). The Labute approximate surface area is 95.1 Å². The SMILES string of the molecule is O=C(O)NCc1cc(=O)oc2cc(O)ccc12. The van der Waals surface area contributed by atoms with E-state index in [1.165, 1.54) is 18.2 Å². The van der Waals surface area contributed by atoms with Gasteiger partial charge in [-0.25, -0.2) is 9.59 Å². The molecule has 0 saturated heterocycles. The molecule has 0 radical (unpaired) electrons. The van der Waals surface area contributed by atoms with Crippen molar-refractivity contribution in [3.63, 3.8) is 0 Å². The van der Waals surface area contributed by atoms with Crippen LogP contribution in [0.25, 0.3) is 11.0 Å². The summed E-state index contributed by atoms with van der Waals surface area (Å²) >= 11 is 0. The molecule has 0 bridgehead atoms. The fraction of sp³-hybridized carbons (Fsp3) is 0.0909. The van der Waals surface area contributed by atoms with Crippen LogP contribution in [0.15, 0.2) is 33.5 Å². The Kier molecular flexibility index (Phi) is 2.70. The number of phenols is 1. The van der Waals surface area contributed by atoms with E-state index in [9.17, 15) is 14.7 Å². The first-order chi connectivity index (χ1) is 8.06. The maximum atomic E-state index is 11.2. The second-order valence-corrected chi connectivity index (χ2v) is 3.43. The van der Waals surface area contributed by atoms with Gasteiger partial charge in [-0.3, -0.25) is 0 Å². The van der Waals surface area contributed by atoms with Crippen LogP contribution >= 0.6 is 0 Å². The topological polar surface area (TPSA) is 99.8 Å². The molecule has 0 saturated carbocycles. The highest BCUT2D eigenvalue weighted by Gasteiger charge is 2.07. The van der Waals surface area contributed by atoms with Crippen molar-refractivity contribution in [1.29, 1.82) is 0 Å². The zero-order chi connectivity index (χ0) is 12.4. The number of carbonyl (C=O) groups is 1. The summed E-state index contributed by atoms with van der Waals surface area (Å²) in [7, 11) is 0. The molecule has 1 heterocycles. The Morgan fingerprint density at radius 1 is 1.35 bits per heavy atom. The molecular formula is C11H9NO5. The molecule has 0 atom stereocenters. The maximum absolute atomic E-state index is 11.2. The predicted octanol–water partition coefficient (Wildman–Crippen LogP) is 1.27. The monoisotopic (exact) mass is 235 g/mol. The molecule has 6 heteroatoms. The van der Waals surface area contributed by atoms with E-state index < -0.39 is 11.7 Å². The normalized spacial score (nSPS) is 10.4. The van der Waals surface area contributed by atoms with Crippen LogP contribution in [-0.2, 0) is 6.54 Å². The van der Waals surface area contributed by atoms with Crippen molar-refractivity contribution < 1.29 is 19.4 Å². The average molecular weight is 235 g/mol. The van der Waals surface area contributed by atoms with Crippen LogP contribution in [-0.4, -0.2) is 16.3 Å². The third-order valence-corrected chi connectivity index (χ3v) is 2.24. The summed E-state index contributed by atoms with van der Waals surface area (Å²) in [6, 6.07) is 5.52. The number of rotatable bonds is 2. The Morgan fingerprint density at radius 2 is 2.12 bits per heavy atom. The number of carboxylic acid groups (broad SMARTS) is 1. The quantitative estimate of drug-likeness (QED) is 0.680. The number of fused-ring (bicyclic) bond motifs is 1. The van der Waals surface area contributed by atoms with E-state index in [1.54, 1.807) is 6.07 Å². The van der Waals surface area contributed by atoms with Crippen LogP contribution in [0.3, 0.4) is 0 Å². The fourth-order valence-electron chi connectivity index (χ4n) is 1.54. The summed E-state index contributed by atoms with van der Waals surface area (Å²) < 4.78 is 4.90. The maximum Gasteiger partial charge on any atom is 0.404 e. The van der Waals surface area contributed by atoms with E-state index in [0.717, 1.165) is 0 Å². The van der Waals surface area contributed by atoms with Crippen molar-refractivity contribution >= 4 is 17.1 Å². The molecule has 17 heavy (non-hydrogen) atoms. The first-order valence-electron chi connectivity index (χ1n) is 4.79. The van der Waals surface area contributed by atoms with Crippen LogP contribution in [0.1, 0.15) is 5.56 Å². The van der Waals surface area contributed by atoms with Crippen LogP contribution in [0.5, 0.6) is 5.75 Å². The van der Waals surface area contributed by atoms with Crippen molar-refractivity contribution in [2.24, 2.45) is 0 Å². The van der Waals surface area contributed by atoms with Gasteiger partial charge in [-0.15, -0.1) is 0 Å². The molecule has 0 aliphatic carbocycles. The average Bonchev–Trinajstić information content (AvgIpc) is 2.24. The zero-order valence-corrected chi connectivity index (χ0v) is 8.64. The third-order valence-electron chi connectivity index (χ3n) is 2.24. The Balaban J connectivity index is 2.53. The molecule has 6 nitrogen and oxygen atoms in total. The number of hydrogen-bond donors (Lipinski definition) is 3. The molecule has 0 spiro atoms. The largest absolute Gasteiger partial charge is 0.508 e. The van der Waals surface area contributed by atoms with Gasteiger partial charge in [0.2, 0.25) is 0 Å². The van der Waals surface area contributed by atoms with Gasteiger partial charge in [0.15, 0.2) is 0 Å². The van der Waals surface area contributed by atoms with Gasteiger partial charge >= 0.3 is 11.7 Å². The van der Waals surface area contributed by atoms with Gasteiger partial charge < -0.3 is 19.9 Å². The molecular weight excluding hydrogens is 226 g/mol. The molecule has 1 amide bonds. The van der Waals surface area contributed by atoms with Crippen molar-refractivity contribution in [3.8, 4) is 5.75 Å². The highest BCUT2D eigenvalue weighted by atomic mass is 16.4. The van der Waals surface area contributed by atoms with Gasteiger partial charge in [0, 0.05) is 24.1 Å². The number of benzene rings is 1. The zero-order valence-electron chi connectivity index (χ0n) is 8.64. The lowest BCUT2D eigenvalue weighted by Gasteiger charge is -2.05. The van der Waals surface area contributed by atoms with Crippen molar-refractivity contribution in [2.75, 3.05) is 0 Å². The van der Waals surface area contributed by atoms with Crippen molar-refractivity contribution in [1.82, 2.24) is 5.32 Å². The lowest BCUT2D eigenvalue weighted by atomic mass is 10.1. The van der Waals surface area contributed by atoms with Crippen LogP contribution in [0.4, 0.5) is 4.79 Å². The summed E-state index contributed by atoms with van der Waals surface area (Å²) in [6.45, 7) is 0.00219. The molecule has 2 aromatic rings. The van der Waals surface area contributed by atoms with Gasteiger partial charge in [-0.05, 0) is 17.7 Å². The first-order valence-corrected chi connectivity index (χ1v) is 4.79.